The molecule has 2 aromatic heterocycles. The van der Waals surface area contributed by atoms with Crippen LogP contribution in [0.4, 0.5) is 0 Å². The fraction of sp³-hybridized carbons (Fsp3) is 0.286. The van der Waals surface area contributed by atoms with Crippen LogP contribution in [0, 0.1) is 0 Å². The zero-order valence-corrected chi connectivity index (χ0v) is 16.4. The number of benzene rings is 1. The van der Waals surface area contributed by atoms with Crippen LogP contribution in [0.25, 0.3) is 10.6 Å². The summed E-state index contributed by atoms with van der Waals surface area (Å²) in [5, 5.41) is 6.51. The van der Waals surface area contributed by atoms with Crippen molar-refractivity contribution in [3.63, 3.8) is 0 Å². The Morgan fingerprint density at radius 3 is 2.93 bits per heavy atom. The molecule has 2 aliphatic heterocycles. The lowest BCUT2D eigenvalue weighted by atomic mass is 10.1. The average Bonchev–Trinajstić information content (AvgIpc) is 3.50. The maximum atomic E-state index is 13.1. The van der Waals surface area contributed by atoms with Gasteiger partial charge in [0.2, 0.25) is 6.79 Å². The number of rotatable bonds is 4. The Hall–Kier alpha value is -3.13. The lowest BCUT2D eigenvalue weighted by Crippen LogP contribution is -2.40. The number of carbonyl (C=O) groups is 1. The number of thiophene rings is 1. The van der Waals surface area contributed by atoms with Gasteiger partial charge in [-0.2, -0.15) is 5.10 Å². The van der Waals surface area contributed by atoms with Gasteiger partial charge in [-0.25, -0.2) is 4.68 Å². The van der Waals surface area contributed by atoms with Gasteiger partial charge in [0.1, 0.15) is 5.69 Å². The van der Waals surface area contributed by atoms with Gasteiger partial charge < -0.3 is 14.4 Å². The largest absolute Gasteiger partial charge is 0.454 e. The molecule has 0 N–H and O–H groups in total. The van der Waals surface area contributed by atoms with Crippen LogP contribution in [0.15, 0.2) is 52.6 Å². The van der Waals surface area contributed by atoms with Crippen LogP contribution in [0.2, 0.25) is 0 Å². The van der Waals surface area contributed by atoms with E-state index in [4.69, 9.17) is 9.47 Å². The highest BCUT2D eigenvalue weighted by molar-refractivity contribution is 7.13. The van der Waals surface area contributed by atoms with Crippen LogP contribution in [0.3, 0.4) is 0 Å². The number of aromatic nitrogens is 2. The average molecular weight is 409 g/mol. The van der Waals surface area contributed by atoms with Crippen LogP contribution >= 0.6 is 11.3 Å². The lowest BCUT2D eigenvalue weighted by Gasteiger charge is -2.25. The molecule has 2 aliphatic rings. The normalized spacial score (nSPS) is 17.7. The first kappa shape index (κ1) is 17.9. The van der Waals surface area contributed by atoms with Gasteiger partial charge in [-0.3, -0.25) is 9.59 Å². The van der Waals surface area contributed by atoms with Crippen molar-refractivity contribution in [2.45, 2.75) is 25.4 Å². The number of nitrogens with zero attached hydrogens (tertiary/aromatic N) is 3. The van der Waals surface area contributed by atoms with Gasteiger partial charge in [0.05, 0.1) is 17.5 Å². The highest BCUT2D eigenvalue weighted by Gasteiger charge is 2.31. The number of hydrogen-bond acceptors (Lipinski definition) is 6. The molecule has 7 nitrogen and oxygen atoms in total. The molecule has 1 saturated heterocycles. The molecule has 0 radical (unpaired) electrons. The topological polar surface area (TPSA) is 73.7 Å². The van der Waals surface area contributed by atoms with Gasteiger partial charge in [0.25, 0.3) is 11.5 Å². The van der Waals surface area contributed by atoms with E-state index in [1.165, 1.54) is 4.68 Å². The Morgan fingerprint density at radius 2 is 2.07 bits per heavy atom. The fourth-order valence-electron chi connectivity index (χ4n) is 3.82. The van der Waals surface area contributed by atoms with Gasteiger partial charge in [-0.1, -0.05) is 6.07 Å². The fourth-order valence-corrected chi connectivity index (χ4v) is 4.51. The van der Waals surface area contributed by atoms with E-state index in [-0.39, 0.29) is 24.3 Å². The van der Waals surface area contributed by atoms with Crippen LogP contribution in [-0.4, -0.2) is 40.0 Å². The van der Waals surface area contributed by atoms with Crippen LogP contribution < -0.4 is 15.0 Å². The van der Waals surface area contributed by atoms with Crippen molar-refractivity contribution in [3.8, 4) is 22.1 Å². The van der Waals surface area contributed by atoms with Crippen molar-refractivity contribution in [1.29, 1.82) is 0 Å². The molecule has 1 amide bonds. The summed E-state index contributed by atoms with van der Waals surface area (Å²) >= 11 is 1.58. The molecule has 3 aromatic rings. The number of fused-ring (bicyclic) bond motifs is 1. The number of hydrogen-bond donors (Lipinski definition) is 0. The molecular formula is C21H19N3O4S. The molecule has 0 bridgehead atoms. The third-order valence-corrected chi connectivity index (χ3v) is 6.17. The summed E-state index contributed by atoms with van der Waals surface area (Å²) in [7, 11) is 0. The van der Waals surface area contributed by atoms with Crippen molar-refractivity contribution >= 4 is 17.2 Å². The van der Waals surface area contributed by atoms with Gasteiger partial charge in [0, 0.05) is 18.2 Å². The molecule has 0 unspecified atom stereocenters. The second kappa shape index (κ2) is 7.36. The molecule has 29 heavy (non-hydrogen) atoms. The zero-order chi connectivity index (χ0) is 19.8. The SMILES string of the molecule is O=C(c1ccc2c(c1)OCO2)N1CCC[C@@H]1Cn1nc(-c2cccs2)ccc1=O. The number of amides is 1. The van der Waals surface area contributed by atoms with E-state index in [9.17, 15) is 9.59 Å². The second-order valence-corrected chi connectivity index (χ2v) is 8.03. The van der Waals surface area contributed by atoms with E-state index in [2.05, 4.69) is 5.10 Å². The van der Waals surface area contributed by atoms with Crippen LogP contribution in [0.5, 0.6) is 11.5 Å². The summed E-state index contributed by atoms with van der Waals surface area (Å²) in [5.74, 6) is 1.18. The van der Waals surface area contributed by atoms with Gasteiger partial charge >= 0.3 is 0 Å². The first-order valence-corrected chi connectivity index (χ1v) is 10.4. The maximum absolute atomic E-state index is 13.1. The van der Waals surface area contributed by atoms with Crippen molar-refractivity contribution in [2.24, 2.45) is 0 Å². The molecule has 1 fully saturated rings. The Kier molecular flexibility index (Phi) is 4.55. The summed E-state index contributed by atoms with van der Waals surface area (Å²) in [6.45, 7) is 1.22. The van der Waals surface area contributed by atoms with Crippen molar-refractivity contribution in [1.82, 2.24) is 14.7 Å². The highest BCUT2D eigenvalue weighted by atomic mass is 32.1. The van der Waals surface area contributed by atoms with Crippen molar-refractivity contribution in [2.75, 3.05) is 13.3 Å². The summed E-state index contributed by atoms with van der Waals surface area (Å²) in [6, 6.07) is 12.4. The Labute approximate surface area is 171 Å². The minimum atomic E-state index is -0.160. The molecular weight excluding hydrogens is 390 g/mol. The summed E-state index contributed by atoms with van der Waals surface area (Å²) in [4.78, 5) is 28.3. The molecule has 1 aromatic carbocycles. The Balaban J connectivity index is 1.38. The summed E-state index contributed by atoms with van der Waals surface area (Å²) < 4.78 is 12.2. The Bertz CT molecular complexity index is 1110. The molecule has 0 spiro atoms. The quantitative estimate of drug-likeness (QED) is 0.662. The molecule has 1 atom stereocenters. The van der Waals surface area contributed by atoms with Crippen LogP contribution in [0.1, 0.15) is 23.2 Å². The number of likely N-dealkylation sites (tertiary alicyclic amines) is 1. The van der Waals surface area contributed by atoms with Gasteiger partial charge in [-0.15, -0.1) is 11.3 Å². The molecule has 5 rings (SSSR count). The van der Waals surface area contributed by atoms with Gasteiger partial charge in [-0.05, 0) is 48.6 Å². The molecule has 4 heterocycles. The third kappa shape index (κ3) is 3.40. The molecule has 0 aliphatic carbocycles. The minimum absolute atomic E-state index is 0.0618. The van der Waals surface area contributed by atoms with E-state index >= 15 is 0 Å². The standard InChI is InChI=1S/C21H19N3O4S/c25-20-8-6-16(19-4-2-10-29-19)22-24(20)12-15-3-1-9-23(15)21(26)14-5-7-17-18(11-14)28-13-27-17/h2,4-8,10-11,15H,1,3,9,12-13H2/t15-/m1/s1. The number of ether oxygens (including phenoxy) is 2. The monoisotopic (exact) mass is 409 g/mol. The zero-order valence-electron chi connectivity index (χ0n) is 15.6. The number of carbonyl (C=O) groups excluding carboxylic acids is 1. The lowest BCUT2D eigenvalue weighted by molar-refractivity contribution is 0.0720. The van der Waals surface area contributed by atoms with E-state index in [0.717, 1.165) is 23.4 Å². The first-order valence-electron chi connectivity index (χ1n) is 9.52. The third-order valence-electron chi connectivity index (χ3n) is 5.28. The van der Waals surface area contributed by atoms with E-state index in [1.54, 1.807) is 41.7 Å². The predicted molar refractivity (Wildman–Crippen MR) is 108 cm³/mol. The molecule has 0 saturated carbocycles. The van der Waals surface area contributed by atoms with E-state index < -0.39 is 0 Å². The minimum Gasteiger partial charge on any atom is -0.454 e. The van der Waals surface area contributed by atoms with Crippen molar-refractivity contribution in [3.05, 3.63) is 63.8 Å². The highest BCUT2D eigenvalue weighted by Crippen LogP contribution is 2.33. The van der Waals surface area contributed by atoms with Crippen molar-refractivity contribution < 1.29 is 14.3 Å². The molecule has 8 heteroatoms. The van der Waals surface area contributed by atoms with Crippen LogP contribution in [-0.2, 0) is 6.54 Å². The molecule has 148 valence electrons. The second-order valence-electron chi connectivity index (χ2n) is 7.08. The first-order chi connectivity index (χ1) is 14.2. The van der Waals surface area contributed by atoms with Gasteiger partial charge in [0.15, 0.2) is 11.5 Å². The maximum Gasteiger partial charge on any atom is 0.266 e. The van der Waals surface area contributed by atoms with E-state index in [1.807, 2.05) is 22.4 Å². The Morgan fingerprint density at radius 1 is 1.17 bits per heavy atom. The van der Waals surface area contributed by atoms with E-state index in [0.29, 0.717) is 30.2 Å². The summed E-state index contributed by atoms with van der Waals surface area (Å²) in [5.41, 5.74) is 1.17. The smallest absolute Gasteiger partial charge is 0.266 e. The summed E-state index contributed by atoms with van der Waals surface area (Å²) in [6.07, 6.45) is 1.74. The predicted octanol–water partition coefficient (Wildman–Crippen LogP) is 3.01.